The van der Waals surface area contributed by atoms with Crippen LogP contribution in [0.1, 0.15) is 18.9 Å². The number of hydrogen-bond donors (Lipinski definition) is 1. The van der Waals surface area contributed by atoms with Gasteiger partial charge in [-0.25, -0.2) is 4.39 Å². The number of rotatable bonds is 4. The quantitative estimate of drug-likeness (QED) is 0.846. The highest BCUT2D eigenvalue weighted by atomic mass is 19.1. The maximum Gasteiger partial charge on any atom is 0.127 e. The fraction of sp³-hybridized carbons (Fsp3) is 0.538. The lowest BCUT2D eigenvalue weighted by molar-refractivity contribution is 0.178. The minimum Gasteiger partial charge on any atom is -0.381 e. The van der Waals surface area contributed by atoms with Gasteiger partial charge in [0.15, 0.2) is 0 Å². The molecule has 0 radical (unpaired) electrons. The highest BCUT2D eigenvalue weighted by molar-refractivity contribution is 5.17. The molecule has 1 saturated heterocycles. The Kier molecular flexibility index (Phi) is 3.91. The summed E-state index contributed by atoms with van der Waals surface area (Å²) in [5.41, 5.74) is 0.730. The van der Waals surface area contributed by atoms with Crippen molar-refractivity contribution in [3.63, 3.8) is 0 Å². The summed E-state index contributed by atoms with van der Waals surface area (Å²) in [5, 5.41) is 3.36. The van der Waals surface area contributed by atoms with E-state index in [1.807, 2.05) is 12.1 Å². The van der Waals surface area contributed by atoms with Crippen LogP contribution in [-0.2, 0) is 11.3 Å². The first kappa shape index (κ1) is 11.6. The van der Waals surface area contributed by atoms with Crippen molar-refractivity contribution in [2.45, 2.75) is 25.9 Å². The van der Waals surface area contributed by atoms with Crippen molar-refractivity contribution < 1.29 is 9.13 Å². The van der Waals surface area contributed by atoms with Crippen LogP contribution in [0.4, 0.5) is 4.39 Å². The maximum absolute atomic E-state index is 13.4. The zero-order valence-electron chi connectivity index (χ0n) is 9.58. The Bertz CT molecular complexity index is 336. The first-order valence-electron chi connectivity index (χ1n) is 5.82. The molecular weight excluding hydrogens is 205 g/mol. The average Bonchev–Trinajstić information content (AvgIpc) is 2.81. The van der Waals surface area contributed by atoms with Crippen LogP contribution < -0.4 is 5.32 Å². The van der Waals surface area contributed by atoms with Gasteiger partial charge >= 0.3 is 0 Å². The molecule has 1 fully saturated rings. The molecule has 88 valence electrons. The Morgan fingerprint density at radius 1 is 1.50 bits per heavy atom. The van der Waals surface area contributed by atoms with E-state index in [9.17, 15) is 4.39 Å². The summed E-state index contributed by atoms with van der Waals surface area (Å²) in [6, 6.07) is 7.28. The second-order valence-corrected chi connectivity index (χ2v) is 4.38. The largest absolute Gasteiger partial charge is 0.381 e. The number of benzene rings is 1. The fourth-order valence-corrected chi connectivity index (χ4v) is 2.03. The number of nitrogens with one attached hydrogen (secondary N) is 1. The highest BCUT2D eigenvalue weighted by Crippen LogP contribution is 2.17. The second kappa shape index (κ2) is 5.41. The second-order valence-electron chi connectivity index (χ2n) is 4.38. The standard InChI is InChI=1S/C13H18FNO/c1-10(12-6-7-16-9-12)15-8-11-4-2-3-5-13(11)14/h2-5,10,12,15H,6-9H2,1H3. The topological polar surface area (TPSA) is 21.3 Å². The number of halogens is 1. The van der Waals surface area contributed by atoms with Gasteiger partial charge in [0.2, 0.25) is 0 Å². The Hall–Kier alpha value is -0.930. The molecule has 3 heteroatoms. The van der Waals surface area contributed by atoms with Gasteiger partial charge in [-0.1, -0.05) is 18.2 Å². The molecule has 2 nitrogen and oxygen atoms in total. The molecule has 0 saturated carbocycles. The summed E-state index contributed by atoms with van der Waals surface area (Å²) in [5.74, 6) is 0.427. The van der Waals surface area contributed by atoms with E-state index >= 15 is 0 Å². The molecule has 1 aromatic rings. The van der Waals surface area contributed by atoms with E-state index in [2.05, 4.69) is 12.2 Å². The summed E-state index contributed by atoms with van der Waals surface area (Å²) in [4.78, 5) is 0. The lowest BCUT2D eigenvalue weighted by atomic mass is 10.0. The first-order valence-corrected chi connectivity index (χ1v) is 5.82. The van der Waals surface area contributed by atoms with Crippen molar-refractivity contribution in [1.82, 2.24) is 5.32 Å². The molecule has 2 unspecified atom stereocenters. The highest BCUT2D eigenvalue weighted by Gasteiger charge is 2.21. The third kappa shape index (κ3) is 2.80. The van der Waals surface area contributed by atoms with Crippen LogP contribution in [0.15, 0.2) is 24.3 Å². The molecule has 1 aliphatic heterocycles. The minimum atomic E-state index is -0.134. The molecule has 0 amide bonds. The van der Waals surface area contributed by atoms with E-state index in [0.29, 0.717) is 18.5 Å². The van der Waals surface area contributed by atoms with Crippen LogP contribution in [0.25, 0.3) is 0 Å². The molecule has 1 aliphatic rings. The summed E-state index contributed by atoms with van der Waals surface area (Å²) >= 11 is 0. The summed E-state index contributed by atoms with van der Waals surface area (Å²) < 4.78 is 18.7. The van der Waals surface area contributed by atoms with Gasteiger partial charge in [0.05, 0.1) is 6.61 Å². The van der Waals surface area contributed by atoms with Crippen molar-refractivity contribution >= 4 is 0 Å². The van der Waals surface area contributed by atoms with Crippen molar-refractivity contribution in [2.24, 2.45) is 5.92 Å². The van der Waals surface area contributed by atoms with Crippen molar-refractivity contribution in [2.75, 3.05) is 13.2 Å². The van der Waals surface area contributed by atoms with E-state index in [4.69, 9.17) is 4.74 Å². The van der Waals surface area contributed by atoms with Crippen molar-refractivity contribution in [3.05, 3.63) is 35.6 Å². The van der Waals surface area contributed by atoms with Crippen LogP contribution in [0.2, 0.25) is 0 Å². The molecule has 0 aromatic heterocycles. The van der Waals surface area contributed by atoms with E-state index in [0.717, 1.165) is 25.2 Å². The summed E-state index contributed by atoms with van der Waals surface area (Å²) in [7, 11) is 0. The van der Waals surface area contributed by atoms with Crippen LogP contribution in [0.3, 0.4) is 0 Å². The van der Waals surface area contributed by atoms with E-state index in [1.165, 1.54) is 6.07 Å². The van der Waals surface area contributed by atoms with Gasteiger partial charge in [-0.2, -0.15) is 0 Å². The van der Waals surface area contributed by atoms with Crippen LogP contribution in [-0.4, -0.2) is 19.3 Å². The van der Waals surface area contributed by atoms with Gasteiger partial charge in [0.25, 0.3) is 0 Å². The van der Waals surface area contributed by atoms with E-state index in [1.54, 1.807) is 6.07 Å². The molecule has 1 heterocycles. The predicted octanol–water partition coefficient (Wildman–Crippen LogP) is 2.34. The van der Waals surface area contributed by atoms with E-state index < -0.39 is 0 Å². The lowest BCUT2D eigenvalue weighted by Gasteiger charge is -2.19. The van der Waals surface area contributed by atoms with Crippen LogP contribution in [0.5, 0.6) is 0 Å². The molecule has 2 rings (SSSR count). The molecule has 0 bridgehead atoms. The minimum absolute atomic E-state index is 0.134. The van der Waals surface area contributed by atoms with Crippen LogP contribution >= 0.6 is 0 Å². The van der Waals surface area contributed by atoms with Gasteiger partial charge in [-0.3, -0.25) is 0 Å². The molecule has 2 atom stereocenters. The zero-order valence-corrected chi connectivity index (χ0v) is 9.58. The Morgan fingerprint density at radius 2 is 2.31 bits per heavy atom. The van der Waals surface area contributed by atoms with Gasteiger partial charge < -0.3 is 10.1 Å². The monoisotopic (exact) mass is 223 g/mol. The summed E-state index contributed by atoms with van der Waals surface area (Å²) in [6.45, 7) is 4.41. The normalized spacial score (nSPS) is 22.2. The van der Waals surface area contributed by atoms with Crippen molar-refractivity contribution in [3.8, 4) is 0 Å². The third-order valence-electron chi connectivity index (χ3n) is 3.24. The smallest absolute Gasteiger partial charge is 0.127 e. The zero-order chi connectivity index (χ0) is 11.4. The molecule has 1 N–H and O–H groups in total. The maximum atomic E-state index is 13.4. The number of hydrogen-bond acceptors (Lipinski definition) is 2. The molecule has 0 spiro atoms. The molecule has 1 aromatic carbocycles. The summed E-state index contributed by atoms with van der Waals surface area (Å²) in [6.07, 6.45) is 1.10. The van der Waals surface area contributed by atoms with Gasteiger partial charge in [-0.05, 0) is 25.3 Å². The molecule has 16 heavy (non-hydrogen) atoms. The van der Waals surface area contributed by atoms with Gasteiger partial charge in [0.1, 0.15) is 5.82 Å². The lowest BCUT2D eigenvalue weighted by Crippen LogP contribution is -2.33. The number of ether oxygens (including phenoxy) is 1. The molecule has 0 aliphatic carbocycles. The average molecular weight is 223 g/mol. The van der Waals surface area contributed by atoms with Gasteiger partial charge in [0, 0.05) is 24.8 Å². The Labute approximate surface area is 95.8 Å². The fourth-order valence-electron chi connectivity index (χ4n) is 2.03. The van der Waals surface area contributed by atoms with E-state index in [-0.39, 0.29) is 5.82 Å². The van der Waals surface area contributed by atoms with Crippen LogP contribution in [0, 0.1) is 11.7 Å². The SMILES string of the molecule is CC(NCc1ccccc1F)C1CCOC1. The van der Waals surface area contributed by atoms with Crippen molar-refractivity contribution in [1.29, 1.82) is 0 Å². The van der Waals surface area contributed by atoms with Gasteiger partial charge in [-0.15, -0.1) is 0 Å². The first-order chi connectivity index (χ1) is 7.77. The predicted molar refractivity (Wildman–Crippen MR) is 61.6 cm³/mol. The third-order valence-corrected chi connectivity index (χ3v) is 3.24. The Morgan fingerprint density at radius 3 is 3.00 bits per heavy atom. The Balaban J connectivity index is 1.84. The molecular formula is C13H18FNO.